The van der Waals surface area contributed by atoms with Gasteiger partial charge in [0, 0.05) is 0 Å². The number of amides is 2. The molecule has 0 aromatic heterocycles. The van der Waals surface area contributed by atoms with Crippen molar-refractivity contribution in [3.05, 3.63) is 28.8 Å². The number of carbonyl (C=O) groups is 2. The molecule has 19 heavy (non-hydrogen) atoms. The van der Waals surface area contributed by atoms with E-state index < -0.39 is 12.1 Å². The molecule has 5 heteroatoms. The van der Waals surface area contributed by atoms with Crippen LogP contribution in [-0.4, -0.2) is 23.9 Å². The molecule has 2 amide bonds. The van der Waals surface area contributed by atoms with E-state index in [4.69, 9.17) is 11.6 Å². The summed E-state index contributed by atoms with van der Waals surface area (Å²) in [6.07, 6.45) is 0.550. The van der Waals surface area contributed by atoms with Gasteiger partial charge in [0.05, 0.1) is 10.7 Å². The second kappa shape index (κ2) is 5.21. The van der Waals surface area contributed by atoms with Crippen molar-refractivity contribution < 1.29 is 9.59 Å². The quantitative estimate of drug-likeness (QED) is 0.903. The standard InChI is InChI=1S/C14H17ClN2O2/c1-4-11-13(18)16-9(3)14(19)17(11)12-6-5-8(2)7-10(12)15/h5-7,9,11H,4H2,1-3H3,(H,16,18). The van der Waals surface area contributed by atoms with Crippen LogP contribution in [0.5, 0.6) is 0 Å². The van der Waals surface area contributed by atoms with Crippen molar-refractivity contribution in [2.45, 2.75) is 39.3 Å². The highest BCUT2D eigenvalue weighted by Gasteiger charge is 2.39. The Bertz CT molecular complexity index is 530. The number of nitrogens with one attached hydrogen (secondary N) is 1. The zero-order valence-corrected chi connectivity index (χ0v) is 12.0. The Kier molecular flexibility index (Phi) is 3.80. The third-order valence-electron chi connectivity index (χ3n) is 3.33. The maximum atomic E-state index is 12.3. The Morgan fingerprint density at radius 3 is 2.63 bits per heavy atom. The molecule has 1 aromatic rings. The number of hydrogen-bond acceptors (Lipinski definition) is 2. The molecular formula is C14H17ClN2O2. The molecule has 2 rings (SSSR count). The number of benzene rings is 1. The van der Waals surface area contributed by atoms with E-state index in [1.165, 1.54) is 4.90 Å². The first-order chi connectivity index (χ1) is 8.95. The van der Waals surface area contributed by atoms with Gasteiger partial charge in [0.15, 0.2) is 0 Å². The van der Waals surface area contributed by atoms with Crippen LogP contribution < -0.4 is 10.2 Å². The normalized spacial score (nSPS) is 23.5. The average molecular weight is 281 g/mol. The molecule has 0 spiro atoms. The maximum absolute atomic E-state index is 12.3. The summed E-state index contributed by atoms with van der Waals surface area (Å²) in [4.78, 5) is 25.8. The number of piperazine rings is 1. The Morgan fingerprint density at radius 2 is 2.05 bits per heavy atom. The van der Waals surface area contributed by atoms with E-state index in [1.54, 1.807) is 19.1 Å². The minimum absolute atomic E-state index is 0.128. The predicted molar refractivity (Wildman–Crippen MR) is 75.4 cm³/mol. The van der Waals surface area contributed by atoms with E-state index in [2.05, 4.69) is 5.32 Å². The molecule has 1 aromatic carbocycles. The zero-order valence-electron chi connectivity index (χ0n) is 11.2. The van der Waals surface area contributed by atoms with Gasteiger partial charge in [-0.25, -0.2) is 0 Å². The van der Waals surface area contributed by atoms with Crippen LogP contribution in [0.4, 0.5) is 5.69 Å². The SMILES string of the molecule is CCC1C(=O)NC(C)C(=O)N1c1ccc(C)cc1Cl. The predicted octanol–water partition coefficient (Wildman–Crippen LogP) is 2.28. The Hall–Kier alpha value is -1.55. The van der Waals surface area contributed by atoms with Crippen molar-refractivity contribution >= 4 is 29.1 Å². The second-order valence-corrected chi connectivity index (χ2v) is 5.22. The summed E-state index contributed by atoms with van der Waals surface area (Å²) < 4.78 is 0. The first-order valence-corrected chi connectivity index (χ1v) is 6.73. The molecule has 4 nitrogen and oxygen atoms in total. The molecule has 1 saturated heterocycles. The van der Waals surface area contributed by atoms with Gasteiger partial charge in [-0.3, -0.25) is 14.5 Å². The fourth-order valence-electron chi connectivity index (χ4n) is 2.31. The van der Waals surface area contributed by atoms with Gasteiger partial charge in [-0.1, -0.05) is 24.6 Å². The van der Waals surface area contributed by atoms with Crippen molar-refractivity contribution in [1.29, 1.82) is 0 Å². The van der Waals surface area contributed by atoms with Crippen LogP contribution in [0.3, 0.4) is 0 Å². The molecule has 0 saturated carbocycles. The maximum Gasteiger partial charge on any atom is 0.250 e. The third kappa shape index (κ3) is 2.45. The largest absolute Gasteiger partial charge is 0.343 e. The monoisotopic (exact) mass is 280 g/mol. The van der Waals surface area contributed by atoms with Crippen molar-refractivity contribution in [3.8, 4) is 0 Å². The molecule has 0 radical (unpaired) electrons. The number of nitrogens with zero attached hydrogens (tertiary/aromatic N) is 1. The van der Waals surface area contributed by atoms with E-state index in [1.807, 2.05) is 19.9 Å². The van der Waals surface area contributed by atoms with E-state index in [9.17, 15) is 9.59 Å². The van der Waals surface area contributed by atoms with Crippen LogP contribution in [0.15, 0.2) is 18.2 Å². The first kappa shape index (κ1) is 13.9. The number of rotatable bonds is 2. The number of aryl methyl sites for hydroxylation is 1. The second-order valence-electron chi connectivity index (χ2n) is 4.82. The minimum atomic E-state index is -0.521. The topological polar surface area (TPSA) is 49.4 Å². The summed E-state index contributed by atoms with van der Waals surface area (Å²) in [7, 11) is 0. The van der Waals surface area contributed by atoms with Crippen LogP contribution in [0, 0.1) is 6.92 Å². The summed E-state index contributed by atoms with van der Waals surface area (Å²) in [6, 6.07) is 4.47. The van der Waals surface area contributed by atoms with Crippen molar-refractivity contribution in [1.82, 2.24) is 5.32 Å². The molecule has 0 aliphatic carbocycles. The Balaban J connectivity index is 2.48. The van der Waals surface area contributed by atoms with Crippen molar-refractivity contribution in [3.63, 3.8) is 0 Å². The molecular weight excluding hydrogens is 264 g/mol. The number of halogens is 1. The van der Waals surface area contributed by atoms with Gasteiger partial charge >= 0.3 is 0 Å². The highest BCUT2D eigenvalue weighted by molar-refractivity contribution is 6.34. The van der Waals surface area contributed by atoms with Gasteiger partial charge in [0.25, 0.3) is 0 Å². The highest BCUT2D eigenvalue weighted by atomic mass is 35.5. The summed E-state index contributed by atoms with van der Waals surface area (Å²) >= 11 is 6.22. The third-order valence-corrected chi connectivity index (χ3v) is 3.63. The van der Waals surface area contributed by atoms with Crippen LogP contribution in [0.2, 0.25) is 5.02 Å². The molecule has 1 aliphatic heterocycles. The average Bonchev–Trinajstić information content (AvgIpc) is 2.34. The lowest BCUT2D eigenvalue weighted by atomic mass is 10.0. The molecule has 1 heterocycles. The van der Waals surface area contributed by atoms with E-state index in [0.29, 0.717) is 17.1 Å². The highest BCUT2D eigenvalue weighted by Crippen LogP contribution is 2.31. The van der Waals surface area contributed by atoms with Gasteiger partial charge < -0.3 is 5.32 Å². The smallest absolute Gasteiger partial charge is 0.250 e. The number of carbonyl (C=O) groups excluding carboxylic acids is 2. The fraction of sp³-hybridized carbons (Fsp3) is 0.429. The van der Waals surface area contributed by atoms with Crippen molar-refractivity contribution in [2.75, 3.05) is 4.90 Å². The lowest BCUT2D eigenvalue weighted by Gasteiger charge is -2.37. The summed E-state index contributed by atoms with van der Waals surface area (Å²) in [5.41, 5.74) is 1.62. The van der Waals surface area contributed by atoms with Crippen LogP contribution >= 0.6 is 11.6 Å². The van der Waals surface area contributed by atoms with E-state index in [-0.39, 0.29) is 11.8 Å². The Morgan fingerprint density at radius 1 is 1.37 bits per heavy atom. The Labute approximate surface area is 117 Å². The molecule has 2 unspecified atom stereocenters. The lowest BCUT2D eigenvalue weighted by molar-refractivity contribution is -0.133. The van der Waals surface area contributed by atoms with Gasteiger partial charge in [-0.2, -0.15) is 0 Å². The molecule has 102 valence electrons. The summed E-state index contributed by atoms with van der Waals surface area (Å²) in [5, 5.41) is 3.18. The zero-order chi connectivity index (χ0) is 14.2. The van der Waals surface area contributed by atoms with Gasteiger partial charge in [0.2, 0.25) is 11.8 Å². The first-order valence-electron chi connectivity index (χ1n) is 6.35. The summed E-state index contributed by atoms with van der Waals surface area (Å²) in [5.74, 6) is -0.261. The molecule has 1 N–H and O–H groups in total. The summed E-state index contributed by atoms with van der Waals surface area (Å²) in [6.45, 7) is 5.49. The van der Waals surface area contributed by atoms with Gasteiger partial charge in [-0.15, -0.1) is 0 Å². The lowest BCUT2D eigenvalue weighted by Crippen LogP contribution is -2.62. The van der Waals surface area contributed by atoms with E-state index >= 15 is 0 Å². The fourth-order valence-corrected chi connectivity index (χ4v) is 2.64. The van der Waals surface area contributed by atoms with Crippen molar-refractivity contribution in [2.24, 2.45) is 0 Å². The van der Waals surface area contributed by atoms with Crippen LogP contribution in [0.1, 0.15) is 25.8 Å². The van der Waals surface area contributed by atoms with Gasteiger partial charge in [-0.05, 0) is 38.0 Å². The molecule has 1 aliphatic rings. The number of anilines is 1. The number of hydrogen-bond donors (Lipinski definition) is 1. The minimum Gasteiger partial charge on any atom is -0.343 e. The van der Waals surface area contributed by atoms with Crippen LogP contribution in [0.25, 0.3) is 0 Å². The van der Waals surface area contributed by atoms with Crippen LogP contribution in [-0.2, 0) is 9.59 Å². The van der Waals surface area contributed by atoms with Gasteiger partial charge in [0.1, 0.15) is 12.1 Å². The molecule has 2 atom stereocenters. The molecule has 0 bridgehead atoms. The van der Waals surface area contributed by atoms with E-state index in [0.717, 1.165) is 5.56 Å². The molecule has 1 fully saturated rings.